The molecule has 0 spiro atoms. The van der Waals surface area contributed by atoms with E-state index in [-0.39, 0.29) is 5.54 Å². The van der Waals surface area contributed by atoms with E-state index in [4.69, 9.17) is 20.8 Å². The number of nitrogens with one attached hydrogen (secondary N) is 1. The highest BCUT2D eigenvalue weighted by Crippen LogP contribution is 2.13. The summed E-state index contributed by atoms with van der Waals surface area (Å²) in [6.07, 6.45) is 1.78. The van der Waals surface area contributed by atoms with Crippen molar-refractivity contribution in [2.45, 2.75) is 46.1 Å². The minimum absolute atomic E-state index is 0.0997. The highest BCUT2D eigenvalue weighted by atomic mass is 35.5. The minimum atomic E-state index is 0.0997. The first-order valence-corrected chi connectivity index (χ1v) is 7.44. The summed E-state index contributed by atoms with van der Waals surface area (Å²) in [6, 6.07) is 9.68. The predicted octanol–water partition coefficient (Wildman–Crippen LogP) is 4.54. The van der Waals surface area contributed by atoms with E-state index in [2.05, 4.69) is 26.1 Å². The Hall–Kier alpha value is -1.29. The molecule has 0 saturated heterocycles. The van der Waals surface area contributed by atoms with Gasteiger partial charge in [0.05, 0.1) is 12.9 Å². The molecule has 0 aliphatic rings. The smallest absolute Gasteiger partial charge is 0.129 e. The molecule has 21 heavy (non-hydrogen) atoms. The van der Waals surface area contributed by atoms with Crippen molar-refractivity contribution in [2.24, 2.45) is 0 Å². The maximum absolute atomic E-state index is 5.84. The van der Waals surface area contributed by atoms with Crippen LogP contribution in [0.15, 0.2) is 41.0 Å². The summed E-state index contributed by atoms with van der Waals surface area (Å²) in [6.45, 7) is 8.24. The van der Waals surface area contributed by atoms with Crippen molar-refractivity contribution < 1.29 is 9.15 Å². The molecule has 2 aromatic rings. The van der Waals surface area contributed by atoms with Crippen molar-refractivity contribution in [2.75, 3.05) is 0 Å². The van der Waals surface area contributed by atoms with Gasteiger partial charge in [-0.1, -0.05) is 23.7 Å². The average Bonchev–Trinajstić information content (AvgIpc) is 2.86. The van der Waals surface area contributed by atoms with E-state index in [0.717, 1.165) is 28.5 Å². The van der Waals surface area contributed by atoms with Crippen LogP contribution in [-0.4, -0.2) is 5.54 Å². The molecule has 3 nitrogen and oxygen atoms in total. The van der Waals surface area contributed by atoms with Crippen LogP contribution in [0.3, 0.4) is 0 Å². The molecular weight excluding hydrogens is 286 g/mol. The fraction of sp³-hybridized carbons (Fsp3) is 0.412. The van der Waals surface area contributed by atoms with Crippen LogP contribution in [0.5, 0.6) is 0 Å². The van der Waals surface area contributed by atoms with Crippen LogP contribution in [0.1, 0.15) is 37.7 Å². The van der Waals surface area contributed by atoms with Gasteiger partial charge in [-0.15, -0.1) is 0 Å². The Morgan fingerprint density at radius 1 is 1.10 bits per heavy atom. The Morgan fingerprint density at radius 2 is 1.81 bits per heavy atom. The molecule has 1 aromatic heterocycles. The molecule has 0 bridgehead atoms. The van der Waals surface area contributed by atoms with Gasteiger partial charge >= 0.3 is 0 Å². The molecule has 0 atom stereocenters. The largest absolute Gasteiger partial charge is 0.467 e. The van der Waals surface area contributed by atoms with Gasteiger partial charge in [0.15, 0.2) is 0 Å². The first kappa shape index (κ1) is 16.1. The zero-order chi connectivity index (χ0) is 15.3. The third-order valence-electron chi connectivity index (χ3n) is 2.96. The van der Waals surface area contributed by atoms with Gasteiger partial charge in [0.25, 0.3) is 0 Å². The van der Waals surface area contributed by atoms with Gasteiger partial charge < -0.3 is 14.5 Å². The molecule has 1 aromatic carbocycles. The number of rotatable bonds is 6. The van der Waals surface area contributed by atoms with Crippen LogP contribution in [0.2, 0.25) is 5.02 Å². The fourth-order valence-electron chi connectivity index (χ4n) is 1.81. The van der Waals surface area contributed by atoms with E-state index in [1.54, 1.807) is 6.26 Å². The number of ether oxygens (including phenoxy) is 1. The fourth-order valence-corrected chi connectivity index (χ4v) is 1.94. The monoisotopic (exact) mass is 307 g/mol. The molecule has 2 rings (SSSR count). The first-order valence-electron chi connectivity index (χ1n) is 7.06. The molecule has 0 fully saturated rings. The van der Waals surface area contributed by atoms with Gasteiger partial charge in [0.2, 0.25) is 0 Å². The molecule has 0 aliphatic heterocycles. The van der Waals surface area contributed by atoms with Gasteiger partial charge in [-0.2, -0.15) is 0 Å². The van der Waals surface area contributed by atoms with Crippen molar-refractivity contribution in [3.8, 4) is 0 Å². The van der Waals surface area contributed by atoms with E-state index in [9.17, 15) is 0 Å². The van der Waals surface area contributed by atoms with E-state index in [1.165, 1.54) is 0 Å². The summed E-state index contributed by atoms with van der Waals surface area (Å²) >= 11 is 5.84. The van der Waals surface area contributed by atoms with E-state index >= 15 is 0 Å². The Kier molecular flexibility index (Phi) is 5.45. The molecule has 0 radical (unpaired) electrons. The Labute approximate surface area is 131 Å². The highest BCUT2D eigenvalue weighted by Gasteiger charge is 2.10. The van der Waals surface area contributed by atoms with Crippen LogP contribution < -0.4 is 5.32 Å². The van der Waals surface area contributed by atoms with Crippen molar-refractivity contribution in [1.82, 2.24) is 5.32 Å². The SMILES string of the molecule is CC(C)(C)NCc1coc(COCc2ccc(Cl)cc2)c1. The lowest BCUT2D eigenvalue weighted by atomic mass is 10.1. The molecule has 1 N–H and O–H groups in total. The second-order valence-electron chi connectivity index (χ2n) is 6.14. The summed E-state index contributed by atoms with van der Waals surface area (Å²) in [5, 5.41) is 4.16. The van der Waals surface area contributed by atoms with Crippen molar-refractivity contribution in [1.29, 1.82) is 0 Å². The first-order chi connectivity index (χ1) is 9.92. The van der Waals surface area contributed by atoms with E-state index in [0.29, 0.717) is 13.2 Å². The van der Waals surface area contributed by atoms with Crippen LogP contribution in [0.4, 0.5) is 0 Å². The Bertz CT molecular complexity index is 555. The summed E-state index contributed by atoms with van der Waals surface area (Å²) in [5.41, 5.74) is 2.33. The zero-order valence-corrected chi connectivity index (χ0v) is 13.5. The number of furan rings is 1. The van der Waals surface area contributed by atoms with Crippen molar-refractivity contribution in [3.63, 3.8) is 0 Å². The van der Waals surface area contributed by atoms with E-state index < -0.39 is 0 Å². The maximum atomic E-state index is 5.84. The van der Waals surface area contributed by atoms with Crippen LogP contribution >= 0.6 is 11.6 Å². The number of hydrogen-bond donors (Lipinski definition) is 1. The molecule has 4 heteroatoms. The van der Waals surface area contributed by atoms with Crippen molar-refractivity contribution >= 4 is 11.6 Å². The minimum Gasteiger partial charge on any atom is -0.467 e. The van der Waals surface area contributed by atoms with Gasteiger partial charge in [-0.25, -0.2) is 0 Å². The molecule has 1 heterocycles. The highest BCUT2D eigenvalue weighted by molar-refractivity contribution is 6.30. The summed E-state index contributed by atoms with van der Waals surface area (Å²) in [4.78, 5) is 0. The van der Waals surface area contributed by atoms with Gasteiger partial charge in [0.1, 0.15) is 12.4 Å². The number of hydrogen-bond acceptors (Lipinski definition) is 3. The standard InChI is InChI=1S/C17H22ClNO2/c1-17(2,3)19-9-14-8-16(21-11-14)12-20-10-13-4-6-15(18)7-5-13/h4-8,11,19H,9-10,12H2,1-3H3. The lowest BCUT2D eigenvalue weighted by Gasteiger charge is -2.19. The molecule has 0 saturated carbocycles. The zero-order valence-electron chi connectivity index (χ0n) is 12.8. The average molecular weight is 308 g/mol. The van der Waals surface area contributed by atoms with Gasteiger partial charge in [-0.05, 0) is 44.5 Å². The second kappa shape index (κ2) is 7.12. The maximum Gasteiger partial charge on any atom is 0.129 e. The summed E-state index contributed by atoms with van der Waals surface area (Å²) < 4.78 is 11.1. The molecular formula is C17H22ClNO2. The number of halogens is 1. The molecule has 0 aliphatic carbocycles. The third-order valence-corrected chi connectivity index (χ3v) is 3.21. The second-order valence-corrected chi connectivity index (χ2v) is 6.58. The third kappa shape index (κ3) is 5.92. The predicted molar refractivity (Wildman–Crippen MR) is 85.2 cm³/mol. The van der Waals surface area contributed by atoms with Gasteiger partial charge in [0, 0.05) is 22.7 Å². The Balaban J connectivity index is 1.76. The Morgan fingerprint density at radius 3 is 2.48 bits per heavy atom. The quantitative estimate of drug-likeness (QED) is 0.851. The summed E-state index contributed by atoms with van der Waals surface area (Å²) in [7, 11) is 0. The van der Waals surface area contributed by atoms with Gasteiger partial charge in [-0.3, -0.25) is 0 Å². The van der Waals surface area contributed by atoms with Crippen molar-refractivity contribution in [3.05, 3.63) is 58.5 Å². The lowest BCUT2D eigenvalue weighted by Crippen LogP contribution is -2.34. The normalized spacial score (nSPS) is 11.8. The molecule has 0 unspecified atom stereocenters. The summed E-state index contributed by atoms with van der Waals surface area (Å²) in [5.74, 6) is 0.842. The van der Waals surface area contributed by atoms with Crippen LogP contribution in [0.25, 0.3) is 0 Å². The lowest BCUT2D eigenvalue weighted by molar-refractivity contribution is 0.0929. The number of benzene rings is 1. The van der Waals surface area contributed by atoms with Crippen LogP contribution in [-0.2, 0) is 24.5 Å². The topological polar surface area (TPSA) is 34.4 Å². The molecule has 0 amide bonds. The van der Waals surface area contributed by atoms with Crippen LogP contribution in [0, 0.1) is 0 Å². The van der Waals surface area contributed by atoms with E-state index in [1.807, 2.05) is 30.3 Å². The molecule has 114 valence electrons.